The summed E-state index contributed by atoms with van der Waals surface area (Å²) in [7, 11) is 1.61. The van der Waals surface area contributed by atoms with Crippen molar-refractivity contribution in [3.8, 4) is 0 Å². The summed E-state index contributed by atoms with van der Waals surface area (Å²) < 4.78 is 6.92. The number of likely N-dealkylation sites (tertiary alicyclic amines) is 1. The second-order valence-corrected chi connectivity index (χ2v) is 6.03. The summed E-state index contributed by atoms with van der Waals surface area (Å²) in [5.74, 6) is 0.919. The van der Waals surface area contributed by atoms with Crippen molar-refractivity contribution in [3.05, 3.63) is 34.2 Å². The summed E-state index contributed by atoms with van der Waals surface area (Å²) in [6, 6.07) is 5.56. The molecule has 20 heavy (non-hydrogen) atoms. The van der Waals surface area contributed by atoms with Gasteiger partial charge in [-0.2, -0.15) is 0 Å². The van der Waals surface area contributed by atoms with Crippen LogP contribution in [0.4, 0.5) is 0 Å². The van der Waals surface area contributed by atoms with E-state index in [1.165, 1.54) is 0 Å². The van der Waals surface area contributed by atoms with Crippen molar-refractivity contribution in [1.82, 2.24) is 9.47 Å². The van der Waals surface area contributed by atoms with Crippen LogP contribution in [0.15, 0.2) is 23.0 Å². The summed E-state index contributed by atoms with van der Waals surface area (Å²) in [5.41, 5.74) is 1.27. The first-order valence-electron chi connectivity index (χ1n) is 7.26. The van der Waals surface area contributed by atoms with Crippen molar-refractivity contribution in [2.75, 3.05) is 33.4 Å². The minimum absolute atomic E-state index is 0.116. The fraction of sp³-hybridized carbons (Fsp3) is 0.667. The van der Waals surface area contributed by atoms with E-state index in [2.05, 4.69) is 11.0 Å². The van der Waals surface area contributed by atoms with Crippen molar-refractivity contribution >= 4 is 0 Å². The van der Waals surface area contributed by atoms with Gasteiger partial charge in [0.1, 0.15) is 0 Å². The lowest BCUT2D eigenvalue weighted by Crippen LogP contribution is -2.49. The van der Waals surface area contributed by atoms with Crippen LogP contribution in [0.5, 0.6) is 0 Å². The number of fused-ring (bicyclic) bond motifs is 4. The normalized spacial score (nSPS) is 27.1. The van der Waals surface area contributed by atoms with Gasteiger partial charge < -0.3 is 14.4 Å². The maximum atomic E-state index is 11.9. The van der Waals surface area contributed by atoms with Gasteiger partial charge in [0.05, 0.1) is 12.7 Å². The predicted molar refractivity (Wildman–Crippen MR) is 75.9 cm³/mol. The molecule has 3 heterocycles. The van der Waals surface area contributed by atoms with Gasteiger partial charge >= 0.3 is 0 Å². The van der Waals surface area contributed by atoms with Crippen LogP contribution in [-0.4, -0.2) is 54.0 Å². The second kappa shape index (κ2) is 5.68. The quantitative estimate of drug-likeness (QED) is 0.859. The van der Waals surface area contributed by atoms with E-state index in [9.17, 15) is 9.90 Å². The molecule has 0 amide bonds. The average Bonchev–Trinajstić information content (AvgIpc) is 2.40. The maximum absolute atomic E-state index is 11.9. The van der Waals surface area contributed by atoms with Gasteiger partial charge in [-0.25, -0.2) is 0 Å². The Morgan fingerprint density at radius 1 is 1.40 bits per heavy atom. The molecule has 5 nitrogen and oxygen atoms in total. The zero-order valence-electron chi connectivity index (χ0n) is 11.9. The van der Waals surface area contributed by atoms with Crippen LogP contribution in [0, 0.1) is 5.92 Å². The molecule has 0 radical (unpaired) electrons. The minimum Gasteiger partial charge on any atom is -0.389 e. The van der Waals surface area contributed by atoms with Gasteiger partial charge in [0.15, 0.2) is 0 Å². The Bertz CT molecular complexity index is 528. The number of aliphatic hydroxyl groups excluding tert-OH is 1. The first-order valence-corrected chi connectivity index (χ1v) is 7.26. The zero-order valence-corrected chi connectivity index (χ0v) is 11.9. The Morgan fingerprint density at radius 2 is 2.25 bits per heavy atom. The summed E-state index contributed by atoms with van der Waals surface area (Å²) in [6.45, 7) is 3.71. The molecule has 1 saturated heterocycles. The summed E-state index contributed by atoms with van der Waals surface area (Å²) >= 11 is 0. The highest BCUT2D eigenvalue weighted by molar-refractivity contribution is 5.16. The largest absolute Gasteiger partial charge is 0.389 e. The third kappa shape index (κ3) is 2.66. The fourth-order valence-corrected chi connectivity index (χ4v) is 3.69. The van der Waals surface area contributed by atoms with E-state index in [4.69, 9.17) is 4.74 Å². The molecule has 5 heteroatoms. The molecule has 1 N–H and O–H groups in total. The molecule has 2 bridgehead atoms. The van der Waals surface area contributed by atoms with E-state index in [-0.39, 0.29) is 5.56 Å². The van der Waals surface area contributed by atoms with Crippen LogP contribution in [0.1, 0.15) is 18.0 Å². The first kappa shape index (κ1) is 13.8. The Hall–Kier alpha value is -1.17. The zero-order chi connectivity index (χ0) is 14.1. The van der Waals surface area contributed by atoms with E-state index in [0.29, 0.717) is 25.0 Å². The highest BCUT2D eigenvalue weighted by Crippen LogP contribution is 2.34. The van der Waals surface area contributed by atoms with Gasteiger partial charge in [-0.3, -0.25) is 9.69 Å². The van der Waals surface area contributed by atoms with Gasteiger partial charge in [-0.05, 0) is 18.4 Å². The second-order valence-electron chi connectivity index (χ2n) is 6.03. The van der Waals surface area contributed by atoms with E-state index < -0.39 is 6.10 Å². The average molecular weight is 278 g/mol. The van der Waals surface area contributed by atoms with Crippen LogP contribution in [0.3, 0.4) is 0 Å². The minimum atomic E-state index is -0.434. The first-order chi connectivity index (χ1) is 9.67. The van der Waals surface area contributed by atoms with Gasteiger partial charge in [0.2, 0.25) is 0 Å². The van der Waals surface area contributed by atoms with Gasteiger partial charge in [0.25, 0.3) is 5.56 Å². The smallest absolute Gasteiger partial charge is 0.250 e. The number of hydrogen-bond donors (Lipinski definition) is 1. The Morgan fingerprint density at radius 3 is 3.05 bits per heavy atom. The molecule has 3 unspecified atom stereocenters. The summed E-state index contributed by atoms with van der Waals surface area (Å²) in [4.78, 5) is 14.2. The predicted octanol–water partition coefficient (Wildman–Crippen LogP) is 0.275. The number of hydrogen-bond acceptors (Lipinski definition) is 4. The van der Waals surface area contributed by atoms with Crippen molar-refractivity contribution in [1.29, 1.82) is 0 Å². The molecule has 2 aliphatic heterocycles. The molecule has 3 rings (SSSR count). The molecule has 0 spiro atoms. The lowest BCUT2D eigenvalue weighted by Gasteiger charge is -2.43. The van der Waals surface area contributed by atoms with Crippen LogP contribution >= 0.6 is 0 Å². The number of pyridine rings is 1. The van der Waals surface area contributed by atoms with Gasteiger partial charge in [-0.1, -0.05) is 6.07 Å². The maximum Gasteiger partial charge on any atom is 0.250 e. The van der Waals surface area contributed by atoms with Crippen molar-refractivity contribution in [2.45, 2.75) is 25.0 Å². The number of nitrogens with zero attached hydrogens (tertiary/aromatic N) is 2. The summed E-state index contributed by atoms with van der Waals surface area (Å²) in [5, 5.41) is 9.88. The van der Waals surface area contributed by atoms with E-state index in [1.54, 1.807) is 13.2 Å². The molecule has 0 saturated carbocycles. The monoisotopic (exact) mass is 278 g/mol. The highest BCUT2D eigenvalue weighted by Gasteiger charge is 2.34. The molecule has 0 aromatic carbocycles. The molecule has 1 aromatic rings. The Labute approximate surface area is 118 Å². The third-order valence-corrected chi connectivity index (χ3v) is 4.38. The summed E-state index contributed by atoms with van der Waals surface area (Å²) in [6.07, 6.45) is 0.720. The standard InChI is InChI=1S/C15H22N2O3/c1-20-10-13(18)9-16-6-11-5-12(8-16)14-3-2-4-15(19)17(14)7-11/h2-4,11-13,18H,5-10H2,1H3. The topological polar surface area (TPSA) is 54.7 Å². The molecule has 2 aliphatic rings. The van der Waals surface area contributed by atoms with E-state index in [0.717, 1.165) is 31.7 Å². The molecule has 1 fully saturated rings. The lowest BCUT2D eigenvalue weighted by atomic mass is 9.83. The SMILES string of the molecule is COCC(O)CN1CC2CC(C1)c1cccc(=O)n1C2. The van der Waals surface area contributed by atoms with E-state index in [1.807, 2.05) is 10.6 Å². The molecular weight excluding hydrogens is 256 g/mol. The number of β-amino-alcohol motifs (C(OH)–C–C–N with tert-alkyl or cyclic N) is 1. The number of rotatable bonds is 4. The number of ether oxygens (including phenoxy) is 1. The van der Waals surface area contributed by atoms with Crippen LogP contribution in [-0.2, 0) is 11.3 Å². The Balaban J connectivity index is 1.75. The lowest BCUT2D eigenvalue weighted by molar-refractivity contribution is 0.0183. The highest BCUT2D eigenvalue weighted by atomic mass is 16.5. The molecular formula is C15H22N2O3. The Kier molecular flexibility index (Phi) is 3.92. The van der Waals surface area contributed by atoms with Gasteiger partial charge in [-0.15, -0.1) is 0 Å². The fourth-order valence-electron chi connectivity index (χ4n) is 3.69. The molecule has 3 atom stereocenters. The van der Waals surface area contributed by atoms with Crippen LogP contribution < -0.4 is 5.56 Å². The van der Waals surface area contributed by atoms with Crippen molar-refractivity contribution in [3.63, 3.8) is 0 Å². The van der Waals surface area contributed by atoms with Gasteiger partial charge in [0, 0.05) is 51.0 Å². The van der Waals surface area contributed by atoms with Crippen molar-refractivity contribution in [2.24, 2.45) is 5.92 Å². The van der Waals surface area contributed by atoms with Crippen LogP contribution in [0.2, 0.25) is 0 Å². The van der Waals surface area contributed by atoms with Crippen molar-refractivity contribution < 1.29 is 9.84 Å². The molecule has 0 aliphatic carbocycles. The molecule has 110 valence electrons. The number of piperidine rings is 1. The van der Waals surface area contributed by atoms with Crippen LogP contribution in [0.25, 0.3) is 0 Å². The third-order valence-electron chi connectivity index (χ3n) is 4.38. The number of methoxy groups -OCH3 is 1. The number of aromatic nitrogens is 1. The molecule has 1 aromatic heterocycles. The van der Waals surface area contributed by atoms with E-state index >= 15 is 0 Å². The number of aliphatic hydroxyl groups is 1.